The molecule has 2 aromatic rings. The van der Waals surface area contributed by atoms with Crippen molar-refractivity contribution >= 4 is 34.5 Å². The number of aromatic nitrogens is 1. The van der Waals surface area contributed by atoms with E-state index in [9.17, 15) is 4.79 Å². The summed E-state index contributed by atoms with van der Waals surface area (Å²) in [6.07, 6.45) is 0.736. The molecule has 0 atom stereocenters. The number of nitrogens with one attached hydrogen (secondary N) is 2. The molecule has 2 N–H and O–H groups in total. The number of benzene rings is 1. The number of amides is 1. The number of hydrogen-bond donors (Lipinski definition) is 2. The number of carbonyl (C=O) groups is 1. The number of rotatable bonds is 5. The summed E-state index contributed by atoms with van der Waals surface area (Å²) >= 11 is 7.55. The van der Waals surface area contributed by atoms with Crippen molar-refractivity contribution in [3.63, 3.8) is 0 Å². The molecule has 0 aliphatic carbocycles. The summed E-state index contributed by atoms with van der Waals surface area (Å²) in [6.45, 7) is 2.52. The van der Waals surface area contributed by atoms with Crippen LogP contribution in [-0.2, 0) is 6.42 Å². The van der Waals surface area contributed by atoms with Gasteiger partial charge in [0.15, 0.2) is 0 Å². The van der Waals surface area contributed by atoms with Gasteiger partial charge in [0.25, 0.3) is 5.91 Å². The molecule has 2 rings (SSSR count). The first-order valence-electron chi connectivity index (χ1n) is 6.26. The lowest BCUT2D eigenvalue weighted by atomic mass is 10.1. The summed E-state index contributed by atoms with van der Waals surface area (Å²) in [5.41, 5.74) is 2.33. The van der Waals surface area contributed by atoms with Crippen molar-refractivity contribution in [3.05, 3.63) is 44.9 Å². The summed E-state index contributed by atoms with van der Waals surface area (Å²) < 4.78 is 0. The monoisotopic (exact) mass is 309 g/mol. The molecular formula is C14H16ClN3OS. The first kappa shape index (κ1) is 14.8. The third-order valence-corrected chi connectivity index (χ3v) is 4.05. The molecule has 6 heteroatoms. The average Bonchev–Trinajstić information content (AvgIpc) is 2.84. The quantitative estimate of drug-likeness (QED) is 0.892. The highest BCUT2D eigenvalue weighted by Gasteiger charge is 2.11. The zero-order valence-corrected chi connectivity index (χ0v) is 12.9. The Bertz CT molecular complexity index is 612. The van der Waals surface area contributed by atoms with E-state index in [1.165, 1.54) is 0 Å². The SMILES string of the molecule is CNc1ccc(Cl)cc1C(=O)NCCc1nc(C)cs1. The Morgan fingerprint density at radius 3 is 2.90 bits per heavy atom. The van der Waals surface area contributed by atoms with Gasteiger partial charge in [-0.25, -0.2) is 4.98 Å². The number of nitrogens with zero attached hydrogens (tertiary/aromatic N) is 1. The lowest BCUT2D eigenvalue weighted by molar-refractivity contribution is 0.0955. The summed E-state index contributed by atoms with van der Waals surface area (Å²) in [6, 6.07) is 5.21. The van der Waals surface area contributed by atoms with Crippen LogP contribution < -0.4 is 10.6 Å². The van der Waals surface area contributed by atoms with Crippen molar-refractivity contribution in [1.82, 2.24) is 10.3 Å². The smallest absolute Gasteiger partial charge is 0.253 e. The van der Waals surface area contributed by atoms with Crippen LogP contribution in [0.3, 0.4) is 0 Å². The van der Waals surface area contributed by atoms with Crippen LogP contribution in [0.15, 0.2) is 23.6 Å². The van der Waals surface area contributed by atoms with Crippen LogP contribution in [-0.4, -0.2) is 24.5 Å². The second-order valence-corrected chi connectivity index (χ2v) is 5.71. The minimum atomic E-state index is -0.134. The summed E-state index contributed by atoms with van der Waals surface area (Å²) in [7, 11) is 1.78. The Hall–Kier alpha value is -1.59. The van der Waals surface area contributed by atoms with Gasteiger partial charge >= 0.3 is 0 Å². The largest absolute Gasteiger partial charge is 0.387 e. The topological polar surface area (TPSA) is 54.0 Å². The minimum absolute atomic E-state index is 0.134. The molecule has 0 radical (unpaired) electrons. The highest BCUT2D eigenvalue weighted by atomic mass is 35.5. The zero-order valence-electron chi connectivity index (χ0n) is 11.4. The van der Waals surface area contributed by atoms with Gasteiger partial charge in [-0.1, -0.05) is 11.6 Å². The van der Waals surface area contributed by atoms with Crippen LogP contribution in [0.5, 0.6) is 0 Å². The number of halogens is 1. The second kappa shape index (κ2) is 6.72. The second-order valence-electron chi connectivity index (χ2n) is 4.33. The summed E-state index contributed by atoms with van der Waals surface area (Å²) in [4.78, 5) is 16.5. The van der Waals surface area contributed by atoms with E-state index < -0.39 is 0 Å². The van der Waals surface area contributed by atoms with E-state index in [4.69, 9.17) is 11.6 Å². The lowest BCUT2D eigenvalue weighted by Crippen LogP contribution is -2.26. The molecule has 0 bridgehead atoms. The molecule has 0 fully saturated rings. The van der Waals surface area contributed by atoms with Crippen LogP contribution in [0.1, 0.15) is 21.1 Å². The van der Waals surface area contributed by atoms with Gasteiger partial charge < -0.3 is 10.6 Å². The van der Waals surface area contributed by atoms with Gasteiger partial charge in [0, 0.05) is 41.8 Å². The number of aryl methyl sites for hydroxylation is 1. The number of carbonyl (C=O) groups excluding carboxylic acids is 1. The molecule has 0 saturated heterocycles. The Morgan fingerprint density at radius 2 is 2.25 bits per heavy atom. The molecule has 1 heterocycles. The molecule has 0 unspecified atom stereocenters. The van der Waals surface area contributed by atoms with Gasteiger partial charge in [0.1, 0.15) is 0 Å². The fourth-order valence-corrected chi connectivity index (χ4v) is 2.77. The van der Waals surface area contributed by atoms with Gasteiger partial charge in [-0.15, -0.1) is 11.3 Å². The maximum absolute atomic E-state index is 12.1. The Morgan fingerprint density at radius 1 is 1.45 bits per heavy atom. The van der Waals surface area contributed by atoms with Crippen molar-refractivity contribution < 1.29 is 4.79 Å². The Labute approximate surface area is 127 Å². The van der Waals surface area contributed by atoms with Gasteiger partial charge in [-0.05, 0) is 25.1 Å². The van der Waals surface area contributed by atoms with Crippen molar-refractivity contribution in [1.29, 1.82) is 0 Å². The minimum Gasteiger partial charge on any atom is -0.387 e. The van der Waals surface area contributed by atoms with Crippen LogP contribution >= 0.6 is 22.9 Å². The van der Waals surface area contributed by atoms with Crippen molar-refractivity contribution in [2.75, 3.05) is 18.9 Å². The maximum Gasteiger partial charge on any atom is 0.253 e. The van der Waals surface area contributed by atoms with E-state index in [0.29, 0.717) is 17.1 Å². The molecule has 0 aliphatic heterocycles. The van der Waals surface area contributed by atoms with Crippen LogP contribution in [0.2, 0.25) is 5.02 Å². The molecule has 1 amide bonds. The molecule has 106 valence electrons. The zero-order chi connectivity index (χ0) is 14.5. The van der Waals surface area contributed by atoms with Gasteiger partial charge in [0.2, 0.25) is 0 Å². The summed E-state index contributed by atoms with van der Waals surface area (Å²) in [5.74, 6) is -0.134. The predicted molar refractivity (Wildman–Crippen MR) is 83.9 cm³/mol. The van der Waals surface area contributed by atoms with Crippen LogP contribution in [0, 0.1) is 6.92 Å². The first-order valence-corrected chi connectivity index (χ1v) is 7.52. The molecule has 20 heavy (non-hydrogen) atoms. The van der Waals surface area contributed by atoms with Gasteiger partial charge in [-0.3, -0.25) is 4.79 Å². The maximum atomic E-state index is 12.1. The molecule has 4 nitrogen and oxygen atoms in total. The van der Waals surface area contributed by atoms with Crippen LogP contribution in [0.4, 0.5) is 5.69 Å². The van der Waals surface area contributed by atoms with Crippen LogP contribution in [0.25, 0.3) is 0 Å². The van der Waals surface area contributed by atoms with E-state index in [1.54, 1.807) is 36.6 Å². The highest BCUT2D eigenvalue weighted by Crippen LogP contribution is 2.20. The van der Waals surface area contributed by atoms with E-state index in [2.05, 4.69) is 15.6 Å². The normalized spacial score (nSPS) is 10.3. The molecule has 0 spiro atoms. The van der Waals surface area contributed by atoms with E-state index in [0.717, 1.165) is 22.8 Å². The van der Waals surface area contributed by atoms with Crippen molar-refractivity contribution in [2.24, 2.45) is 0 Å². The average molecular weight is 310 g/mol. The summed E-state index contributed by atoms with van der Waals surface area (Å²) in [5, 5.41) is 9.46. The van der Waals surface area contributed by atoms with E-state index in [-0.39, 0.29) is 5.91 Å². The first-order chi connectivity index (χ1) is 9.60. The van der Waals surface area contributed by atoms with E-state index in [1.807, 2.05) is 12.3 Å². The number of thiazole rings is 1. The number of anilines is 1. The Kier molecular flexibility index (Phi) is 4.98. The molecule has 0 saturated carbocycles. The van der Waals surface area contributed by atoms with Crippen molar-refractivity contribution in [3.8, 4) is 0 Å². The van der Waals surface area contributed by atoms with Crippen molar-refractivity contribution in [2.45, 2.75) is 13.3 Å². The van der Waals surface area contributed by atoms with Gasteiger partial charge in [0.05, 0.1) is 10.6 Å². The molecule has 0 aliphatic rings. The van der Waals surface area contributed by atoms with Gasteiger partial charge in [-0.2, -0.15) is 0 Å². The fraction of sp³-hybridized carbons (Fsp3) is 0.286. The third-order valence-electron chi connectivity index (χ3n) is 2.79. The Balaban J connectivity index is 1.96. The molecule has 1 aromatic carbocycles. The standard InChI is InChI=1S/C14H16ClN3OS/c1-9-8-20-13(18-9)5-6-17-14(19)11-7-10(15)3-4-12(11)16-2/h3-4,7-8,16H,5-6H2,1-2H3,(H,17,19). The highest BCUT2D eigenvalue weighted by molar-refractivity contribution is 7.09. The predicted octanol–water partition coefficient (Wildman–Crippen LogP) is 3.12. The molecular weight excluding hydrogens is 294 g/mol. The third kappa shape index (κ3) is 3.71. The fourth-order valence-electron chi connectivity index (χ4n) is 1.82. The molecule has 1 aromatic heterocycles. The number of hydrogen-bond acceptors (Lipinski definition) is 4. The lowest BCUT2D eigenvalue weighted by Gasteiger charge is -2.09. The van der Waals surface area contributed by atoms with E-state index >= 15 is 0 Å².